The monoisotopic (exact) mass is 515 g/mol. The van der Waals surface area contributed by atoms with Gasteiger partial charge in [-0.15, -0.1) is 11.8 Å². The summed E-state index contributed by atoms with van der Waals surface area (Å²) in [5.41, 5.74) is 0.870. The molecule has 0 aromatic heterocycles. The Kier molecular flexibility index (Phi) is 7.55. The van der Waals surface area contributed by atoms with Crippen LogP contribution >= 0.6 is 27.7 Å². The lowest BCUT2D eigenvalue weighted by Crippen LogP contribution is -2.03. The van der Waals surface area contributed by atoms with E-state index < -0.39 is 22.4 Å². The van der Waals surface area contributed by atoms with Crippen LogP contribution in [0.4, 0.5) is 10.1 Å². The Balaban J connectivity index is 1.96. The Labute approximate surface area is 195 Å². The molecule has 0 unspecified atom stereocenters. The fraction of sp³-hybridized carbons (Fsp3) is 0.0435. The zero-order valence-electron chi connectivity index (χ0n) is 16.3. The van der Waals surface area contributed by atoms with Crippen molar-refractivity contribution in [2.24, 2.45) is 0 Å². The Morgan fingerprint density at radius 3 is 2.25 bits per heavy atom. The first-order valence-electron chi connectivity index (χ1n) is 9.15. The molecule has 0 saturated carbocycles. The molecule has 3 aromatic carbocycles. The highest BCUT2D eigenvalue weighted by atomic mass is 79.9. The Bertz CT molecular complexity index is 1210. The van der Waals surface area contributed by atoms with Crippen LogP contribution in [0.25, 0.3) is 6.08 Å². The van der Waals surface area contributed by atoms with Crippen molar-refractivity contribution < 1.29 is 24.0 Å². The Morgan fingerprint density at radius 1 is 1.03 bits per heavy atom. The summed E-state index contributed by atoms with van der Waals surface area (Å²) in [5, 5.41) is 20.1. The molecule has 6 nitrogen and oxygen atoms in total. The minimum absolute atomic E-state index is 0.0451. The molecule has 1 N–H and O–H groups in total. The number of ketones is 1. The highest BCUT2D eigenvalue weighted by molar-refractivity contribution is 9.10. The smallest absolute Gasteiger partial charge is 0.335 e. The number of carboxylic acid groups (broad SMARTS) is 1. The predicted molar refractivity (Wildman–Crippen MR) is 124 cm³/mol. The summed E-state index contributed by atoms with van der Waals surface area (Å²) in [5.74, 6) is -2.01. The number of hydrogen-bond donors (Lipinski definition) is 1. The van der Waals surface area contributed by atoms with Crippen LogP contribution in [-0.4, -0.2) is 21.8 Å². The van der Waals surface area contributed by atoms with E-state index in [2.05, 4.69) is 15.9 Å². The van der Waals surface area contributed by atoms with Crippen LogP contribution in [0.2, 0.25) is 0 Å². The standard InChI is InChI=1S/C23H15BrFNO5S/c24-18-8-1-14(2-9-18)13-32-21(12-15-3-10-19(25)20(11-15)26(30)31)22(27)16-4-6-17(7-5-16)23(28)29/h1-12H,13H2,(H,28,29). The average Bonchev–Trinajstić information content (AvgIpc) is 2.78. The van der Waals surface area contributed by atoms with Crippen molar-refractivity contribution in [2.75, 3.05) is 0 Å². The van der Waals surface area contributed by atoms with Crippen LogP contribution in [-0.2, 0) is 5.75 Å². The lowest BCUT2D eigenvalue weighted by Gasteiger charge is -2.08. The van der Waals surface area contributed by atoms with E-state index in [0.29, 0.717) is 11.3 Å². The van der Waals surface area contributed by atoms with Crippen LogP contribution < -0.4 is 0 Å². The fourth-order valence-electron chi connectivity index (χ4n) is 2.73. The second kappa shape index (κ2) is 10.3. The van der Waals surface area contributed by atoms with Gasteiger partial charge in [-0.3, -0.25) is 14.9 Å². The van der Waals surface area contributed by atoms with Gasteiger partial charge < -0.3 is 5.11 Å². The number of carbonyl (C=O) groups excluding carboxylic acids is 1. The molecule has 0 aliphatic carbocycles. The van der Waals surface area contributed by atoms with E-state index in [0.717, 1.165) is 22.2 Å². The van der Waals surface area contributed by atoms with Gasteiger partial charge in [0.25, 0.3) is 0 Å². The van der Waals surface area contributed by atoms with Gasteiger partial charge in [0.1, 0.15) is 0 Å². The summed E-state index contributed by atoms with van der Waals surface area (Å²) < 4.78 is 14.6. The predicted octanol–water partition coefficient (Wildman–Crippen LogP) is 6.35. The van der Waals surface area contributed by atoms with Crippen LogP contribution in [0.1, 0.15) is 31.8 Å². The van der Waals surface area contributed by atoms with Gasteiger partial charge in [-0.1, -0.05) is 46.3 Å². The van der Waals surface area contributed by atoms with Gasteiger partial charge in [-0.2, -0.15) is 4.39 Å². The first-order chi connectivity index (χ1) is 15.2. The molecule has 0 amide bonds. The number of benzene rings is 3. The van der Waals surface area contributed by atoms with Gasteiger partial charge in [0, 0.05) is 21.9 Å². The topological polar surface area (TPSA) is 97.5 Å². The summed E-state index contributed by atoms with van der Waals surface area (Å²) >= 11 is 4.59. The number of aromatic carboxylic acids is 1. The maximum Gasteiger partial charge on any atom is 0.335 e. The van der Waals surface area contributed by atoms with Crippen molar-refractivity contribution in [1.82, 2.24) is 0 Å². The van der Waals surface area contributed by atoms with E-state index in [1.807, 2.05) is 24.3 Å². The van der Waals surface area contributed by atoms with Crippen LogP contribution in [0.3, 0.4) is 0 Å². The summed E-state index contributed by atoms with van der Waals surface area (Å²) in [6.07, 6.45) is 1.46. The fourth-order valence-corrected chi connectivity index (χ4v) is 3.98. The number of carbonyl (C=O) groups is 2. The molecule has 32 heavy (non-hydrogen) atoms. The molecule has 0 saturated heterocycles. The summed E-state index contributed by atoms with van der Waals surface area (Å²) in [4.78, 5) is 34.7. The van der Waals surface area contributed by atoms with E-state index in [1.54, 1.807) is 0 Å². The third kappa shape index (κ3) is 5.89. The molecule has 0 atom stereocenters. The maximum absolute atomic E-state index is 13.7. The molecule has 0 radical (unpaired) electrons. The molecule has 0 aliphatic heterocycles. The van der Waals surface area contributed by atoms with E-state index in [4.69, 9.17) is 5.11 Å². The maximum atomic E-state index is 13.7. The number of hydrogen-bond acceptors (Lipinski definition) is 5. The van der Waals surface area contributed by atoms with Gasteiger partial charge >= 0.3 is 11.7 Å². The number of nitro groups is 1. The molecular formula is C23H15BrFNO5S. The summed E-state index contributed by atoms with van der Waals surface area (Å²) in [7, 11) is 0. The van der Waals surface area contributed by atoms with Crippen molar-refractivity contribution in [3.63, 3.8) is 0 Å². The second-order valence-electron chi connectivity index (χ2n) is 6.60. The largest absolute Gasteiger partial charge is 0.478 e. The van der Waals surface area contributed by atoms with Crippen molar-refractivity contribution in [1.29, 1.82) is 0 Å². The van der Waals surface area contributed by atoms with Gasteiger partial charge in [-0.25, -0.2) is 4.79 Å². The van der Waals surface area contributed by atoms with Gasteiger partial charge in [0.05, 0.1) is 15.4 Å². The number of rotatable bonds is 8. The number of allylic oxidation sites excluding steroid dienone is 1. The highest BCUT2D eigenvalue weighted by Gasteiger charge is 2.17. The van der Waals surface area contributed by atoms with Crippen molar-refractivity contribution in [2.45, 2.75) is 5.75 Å². The SMILES string of the molecule is O=C(O)c1ccc(C(=O)C(=Cc2ccc(F)c([N+](=O)[O-])c2)SCc2ccc(Br)cc2)cc1. The molecule has 0 bridgehead atoms. The lowest BCUT2D eigenvalue weighted by atomic mass is 10.1. The molecule has 0 spiro atoms. The Morgan fingerprint density at radius 2 is 1.66 bits per heavy atom. The quantitative estimate of drug-likeness (QED) is 0.162. The highest BCUT2D eigenvalue weighted by Crippen LogP contribution is 2.29. The van der Waals surface area contributed by atoms with Crippen molar-refractivity contribution in [3.05, 3.63) is 114 Å². The number of nitro benzene ring substituents is 1. The van der Waals surface area contributed by atoms with E-state index in [1.165, 1.54) is 48.2 Å². The number of nitrogens with zero attached hydrogens (tertiary/aromatic N) is 1. The van der Waals surface area contributed by atoms with E-state index in [-0.39, 0.29) is 21.8 Å². The molecule has 9 heteroatoms. The van der Waals surface area contributed by atoms with E-state index in [9.17, 15) is 24.1 Å². The molecule has 3 rings (SSSR count). The van der Waals surface area contributed by atoms with Crippen molar-refractivity contribution in [3.8, 4) is 0 Å². The normalized spacial score (nSPS) is 11.2. The van der Waals surface area contributed by atoms with Crippen molar-refractivity contribution >= 4 is 51.2 Å². The third-order valence-electron chi connectivity index (χ3n) is 4.39. The first kappa shape index (κ1) is 23.4. The zero-order chi connectivity index (χ0) is 23.3. The minimum atomic E-state index is -1.11. The van der Waals surface area contributed by atoms with E-state index >= 15 is 0 Å². The van der Waals surface area contributed by atoms with Crippen LogP contribution in [0, 0.1) is 15.9 Å². The Hall–Kier alpha value is -3.30. The lowest BCUT2D eigenvalue weighted by molar-refractivity contribution is -0.387. The van der Waals surface area contributed by atoms with Gasteiger partial charge in [0.15, 0.2) is 5.78 Å². The number of halogens is 2. The molecule has 162 valence electrons. The molecule has 0 heterocycles. The molecule has 0 aliphatic rings. The minimum Gasteiger partial charge on any atom is -0.478 e. The third-order valence-corrected chi connectivity index (χ3v) is 6.01. The van der Waals surface area contributed by atoms with Gasteiger partial charge in [0.2, 0.25) is 5.82 Å². The van der Waals surface area contributed by atoms with Crippen LogP contribution in [0.5, 0.6) is 0 Å². The zero-order valence-corrected chi connectivity index (χ0v) is 18.7. The number of carboxylic acids is 1. The molecule has 3 aromatic rings. The molecular weight excluding hydrogens is 501 g/mol. The molecule has 0 fully saturated rings. The summed E-state index contributed by atoms with van der Waals surface area (Å²) in [6.45, 7) is 0. The number of Topliss-reactive ketones (excluding diaryl/α,β-unsaturated/α-hetero) is 1. The van der Waals surface area contributed by atoms with Crippen LogP contribution in [0.15, 0.2) is 76.1 Å². The average molecular weight is 516 g/mol. The van der Waals surface area contributed by atoms with Gasteiger partial charge in [-0.05, 0) is 47.5 Å². The summed E-state index contributed by atoms with van der Waals surface area (Å²) in [6, 6.07) is 16.4. The first-order valence-corrected chi connectivity index (χ1v) is 10.9. The number of thioether (sulfide) groups is 1. The second-order valence-corrected chi connectivity index (χ2v) is 8.54.